The molecule has 0 aliphatic heterocycles. The van der Waals surface area contributed by atoms with Gasteiger partial charge in [0.15, 0.2) is 0 Å². The van der Waals surface area contributed by atoms with Gasteiger partial charge in [-0.2, -0.15) is 0 Å². The van der Waals surface area contributed by atoms with Crippen molar-refractivity contribution in [2.75, 3.05) is 10.6 Å². The second-order valence-electron chi connectivity index (χ2n) is 6.48. The minimum absolute atomic E-state index is 0.110. The van der Waals surface area contributed by atoms with Gasteiger partial charge in [-0.3, -0.25) is 9.59 Å². The highest BCUT2D eigenvalue weighted by atomic mass is 16.2. The van der Waals surface area contributed by atoms with E-state index in [9.17, 15) is 9.59 Å². The van der Waals surface area contributed by atoms with Crippen molar-refractivity contribution in [2.45, 2.75) is 20.4 Å². The zero-order valence-electron chi connectivity index (χ0n) is 15.8. The molecular formula is C22H22N4O2. The summed E-state index contributed by atoms with van der Waals surface area (Å²) in [5.74, 6) is -0.326. The summed E-state index contributed by atoms with van der Waals surface area (Å²) in [7, 11) is 0. The third-order valence-electron chi connectivity index (χ3n) is 4.06. The summed E-state index contributed by atoms with van der Waals surface area (Å²) in [6.07, 6.45) is 1.61. The molecule has 0 bridgehead atoms. The molecule has 0 saturated heterocycles. The Balaban J connectivity index is 1.55. The van der Waals surface area contributed by atoms with Crippen LogP contribution in [-0.2, 0) is 11.3 Å². The van der Waals surface area contributed by atoms with Crippen LogP contribution in [0.1, 0.15) is 28.5 Å². The van der Waals surface area contributed by atoms with Gasteiger partial charge in [0.2, 0.25) is 5.91 Å². The quantitative estimate of drug-likeness (QED) is 0.608. The molecular weight excluding hydrogens is 352 g/mol. The van der Waals surface area contributed by atoms with E-state index < -0.39 is 0 Å². The van der Waals surface area contributed by atoms with E-state index in [1.54, 1.807) is 18.3 Å². The zero-order chi connectivity index (χ0) is 19.9. The van der Waals surface area contributed by atoms with Crippen molar-refractivity contribution in [3.8, 4) is 0 Å². The number of carbonyl (C=O) groups excluding carboxylic acids is 2. The van der Waals surface area contributed by atoms with E-state index >= 15 is 0 Å². The Hall–Kier alpha value is -3.67. The third kappa shape index (κ3) is 5.41. The number of aromatic nitrogens is 1. The van der Waals surface area contributed by atoms with Crippen molar-refractivity contribution in [1.29, 1.82) is 0 Å². The molecule has 0 aliphatic rings. The molecule has 3 rings (SSSR count). The fourth-order valence-corrected chi connectivity index (χ4v) is 2.59. The molecule has 0 fully saturated rings. The molecule has 2 aromatic carbocycles. The molecule has 6 nitrogen and oxygen atoms in total. The lowest BCUT2D eigenvalue weighted by atomic mass is 10.1. The van der Waals surface area contributed by atoms with Crippen LogP contribution in [0.3, 0.4) is 0 Å². The third-order valence-corrected chi connectivity index (χ3v) is 4.06. The van der Waals surface area contributed by atoms with E-state index in [2.05, 4.69) is 20.9 Å². The highest BCUT2D eigenvalue weighted by Crippen LogP contribution is 2.18. The van der Waals surface area contributed by atoms with E-state index in [1.165, 1.54) is 12.5 Å². The van der Waals surface area contributed by atoms with Crippen LogP contribution in [0.4, 0.5) is 17.1 Å². The van der Waals surface area contributed by atoms with Crippen LogP contribution >= 0.6 is 0 Å². The molecule has 1 aromatic heterocycles. The highest BCUT2D eigenvalue weighted by molar-refractivity contribution is 5.92. The number of pyridine rings is 1. The van der Waals surface area contributed by atoms with Crippen LogP contribution in [0.15, 0.2) is 66.9 Å². The summed E-state index contributed by atoms with van der Waals surface area (Å²) in [6.45, 7) is 3.96. The van der Waals surface area contributed by atoms with Crippen molar-refractivity contribution < 1.29 is 9.59 Å². The second-order valence-corrected chi connectivity index (χ2v) is 6.48. The number of hydrogen-bond donors (Lipinski definition) is 3. The SMILES string of the molecule is CC(=O)Nc1ccc(Nc2ccc(C(=O)NCc3ccc(C)cc3)nc2)cc1. The number of amides is 2. The van der Waals surface area contributed by atoms with E-state index in [-0.39, 0.29) is 11.8 Å². The monoisotopic (exact) mass is 374 g/mol. The van der Waals surface area contributed by atoms with E-state index in [0.29, 0.717) is 12.2 Å². The largest absolute Gasteiger partial charge is 0.354 e. The number of benzene rings is 2. The van der Waals surface area contributed by atoms with Crippen LogP contribution < -0.4 is 16.0 Å². The summed E-state index contributed by atoms with van der Waals surface area (Å²) in [4.78, 5) is 27.5. The van der Waals surface area contributed by atoms with Gasteiger partial charge in [0.05, 0.1) is 11.9 Å². The fourth-order valence-electron chi connectivity index (χ4n) is 2.59. The standard InChI is InChI=1S/C22H22N4O2/c1-15-3-5-17(6-4-15)13-24-22(28)21-12-11-20(14-23-21)26-19-9-7-18(8-10-19)25-16(2)27/h3-12,14,26H,13H2,1-2H3,(H,24,28)(H,25,27). The number of nitrogens with zero attached hydrogens (tertiary/aromatic N) is 1. The summed E-state index contributed by atoms with van der Waals surface area (Å²) >= 11 is 0. The Morgan fingerprint density at radius 1 is 0.857 bits per heavy atom. The van der Waals surface area contributed by atoms with Crippen LogP contribution in [-0.4, -0.2) is 16.8 Å². The molecule has 2 amide bonds. The molecule has 0 saturated carbocycles. The molecule has 142 valence electrons. The topological polar surface area (TPSA) is 83.1 Å². The first-order valence-electron chi connectivity index (χ1n) is 8.94. The number of hydrogen-bond acceptors (Lipinski definition) is 4. The lowest BCUT2D eigenvalue weighted by Crippen LogP contribution is -2.23. The molecule has 6 heteroatoms. The Labute approximate surface area is 164 Å². The molecule has 0 aliphatic carbocycles. The minimum Gasteiger partial charge on any atom is -0.354 e. The van der Waals surface area contributed by atoms with Gasteiger partial charge in [-0.05, 0) is 48.9 Å². The zero-order valence-corrected chi connectivity index (χ0v) is 15.8. The number of anilines is 3. The van der Waals surface area contributed by atoms with Gasteiger partial charge >= 0.3 is 0 Å². The predicted octanol–water partition coefficient (Wildman–Crippen LogP) is 4.02. The maximum Gasteiger partial charge on any atom is 0.270 e. The molecule has 0 spiro atoms. The lowest BCUT2D eigenvalue weighted by molar-refractivity contribution is -0.114. The van der Waals surface area contributed by atoms with Crippen LogP contribution in [0, 0.1) is 6.92 Å². The average Bonchev–Trinajstić information content (AvgIpc) is 2.69. The molecule has 3 aromatic rings. The lowest BCUT2D eigenvalue weighted by Gasteiger charge is -2.09. The molecule has 3 N–H and O–H groups in total. The van der Waals surface area contributed by atoms with E-state index in [0.717, 1.165) is 22.6 Å². The smallest absolute Gasteiger partial charge is 0.270 e. The van der Waals surface area contributed by atoms with Gasteiger partial charge in [0, 0.05) is 24.8 Å². The van der Waals surface area contributed by atoms with Gasteiger partial charge < -0.3 is 16.0 Å². The molecule has 1 heterocycles. The highest BCUT2D eigenvalue weighted by Gasteiger charge is 2.07. The summed E-state index contributed by atoms with van der Waals surface area (Å²) in [6, 6.07) is 18.8. The summed E-state index contributed by atoms with van der Waals surface area (Å²) in [5, 5.41) is 8.79. The number of rotatable bonds is 6. The Morgan fingerprint density at radius 2 is 1.50 bits per heavy atom. The minimum atomic E-state index is -0.216. The number of nitrogens with one attached hydrogen (secondary N) is 3. The van der Waals surface area contributed by atoms with Crippen LogP contribution in [0.2, 0.25) is 0 Å². The second kappa shape index (κ2) is 8.81. The van der Waals surface area contributed by atoms with Crippen molar-refractivity contribution >= 4 is 28.9 Å². The molecule has 0 atom stereocenters. The van der Waals surface area contributed by atoms with E-state index in [1.807, 2.05) is 55.5 Å². The van der Waals surface area contributed by atoms with Crippen molar-refractivity contribution in [1.82, 2.24) is 10.3 Å². The normalized spacial score (nSPS) is 10.2. The Bertz CT molecular complexity index is 949. The van der Waals surface area contributed by atoms with Crippen LogP contribution in [0.5, 0.6) is 0 Å². The average molecular weight is 374 g/mol. The maximum absolute atomic E-state index is 12.3. The van der Waals surface area contributed by atoms with Gasteiger partial charge in [0.25, 0.3) is 5.91 Å². The van der Waals surface area contributed by atoms with Crippen molar-refractivity contribution in [3.05, 3.63) is 83.7 Å². The predicted molar refractivity (Wildman–Crippen MR) is 111 cm³/mol. The first-order chi connectivity index (χ1) is 13.5. The maximum atomic E-state index is 12.3. The number of aryl methyl sites for hydroxylation is 1. The van der Waals surface area contributed by atoms with Crippen LogP contribution in [0.25, 0.3) is 0 Å². The van der Waals surface area contributed by atoms with E-state index in [4.69, 9.17) is 0 Å². The Kier molecular flexibility index (Phi) is 6.01. The summed E-state index contributed by atoms with van der Waals surface area (Å²) in [5.41, 5.74) is 4.94. The molecule has 0 radical (unpaired) electrons. The fraction of sp³-hybridized carbons (Fsp3) is 0.136. The van der Waals surface area contributed by atoms with Crippen molar-refractivity contribution in [3.63, 3.8) is 0 Å². The van der Waals surface area contributed by atoms with Gasteiger partial charge in [-0.15, -0.1) is 0 Å². The number of carbonyl (C=O) groups is 2. The first kappa shape index (κ1) is 19.1. The summed E-state index contributed by atoms with van der Waals surface area (Å²) < 4.78 is 0. The van der Waals surface area contributed by atoms with Gasteiger partial charge in [-0.1, -0.05) is 29.8 Å². The molecule has 0 unspecified atom stereocenters. The Morgan fingerprint density at radius 3 is 2.11 bits per heavy atom. The molecule has 28 heavy (non-hydrogen) atoms. The first-order valence-corrected chi connectivity index (χ1v) is 8.94. The van der Waals surface area contributed by atoms with Gasteiger partial charge in [0.1, 0.15) is 5.69 Å². The van der Waals surface area contributed by atoms with Crippen molar-refractivity contribution in [2.24, 2.45) is 0 Å². The van der Waals surface area contributed by atoms with Gasteiger partial charge in [-0.25, -0.2) is 4.98 Å².